The number of fused-ring (bicyclic) bond motifs is 5. The number of ketones is 1. The van der Waals surface area contributed by atoms with Crippen LogP contribution in [0.25, 0.3) is 0 Å². The molecule has 3 aromatic carbocycles. The summed E-state index contributed by atoms with van der Waals surface area (Å²) in [5.41, 5.74) is -6.87. The third kappa shape index (κ3) is 9.47. The first kappa shape index (κ1) is 52.7. The van der Waals surface area contributed by atoms with E-state index in [4.69, 9.17) is 28.5 Å². The summed E-state index contributed by atoms with van der Waals surface area (Å²) < 4.78 is 30.6. The van der Waals surface area contributed by atoms with Crippen molar-refractivity contribution in [3.05, 3.63) is 119 Å². The fraction of sp³-hybridized carbons (Fsp3) is 0.440. The Morgan fingerprint density at radius 1 is 0.866 bits per heavy atom. The molecule has 4 aliphatic rings. The molecular formula is C50H53NO15Y-2. The Kier molecular flexibility index (Phi) is 16.5. The molecule has 3 fully saturated rings. The Bertz CT molecular complexity index is 2380. The van der Waals surface area contributed by atoms with Gasteiger partial charge < -0.3 is 48.8 Å². The van der Waals surface area contributed by atoms with Crippen molar-refractivity contribution in [2.45, 2.75) is 109 Å². The molecule has 11 atom stereocenters. The number of carbonyl (C=O) groups excluding carboxylic acids is 8. The number of rotatable bonds is 12. The van der Waals surface area contributed by atoms with Crippen LogP contribution in [0.3, 0.4) is 0 Å². The molecule has 353 valence electrons. The van der Waals surface area contributed by atoms with Crippen molar-refractivity contribution in [3.8, 4) is 0 Å². The normalized spacial score (nSPS) is 29.8. The largest absolute Gasteiger partial charge is 0.545 e. The van der Waals surface area contributed by atoms with Gasteiger partial charge in [-0.05, 0) is 54.8 Å². The molecule has 3 N–H and O–H groups in total. The first-order valence-corrected chi connectivity index (χ1v) is 21.4. The number of aliphatic hydroxyl groups is 2. The van der Waals surface area contributed by atoms with Crippen LogP contribution in [0.1, 0.15) is 93.1 Å². The summed E-state index contributed by atoms with van der Waals surface area (Å²) in [4.78, 5) is 104. The number of Topliss-reactive ketones (excluding diaryl/α,β-unsaturated/α-hetero) is 1. The second kappa shape index (κ2) is 20.9. The summed E-state index contributed by atoms with van der Waals surface area (Å²) in [6, 6.07) is 23.5. The number of amides is 1. The number of hydrogen-bond acceptors (Lipinski definition) is 15. The summed E-state index contributed by atoms with van der Waals surface area (Å²) in [6.07, 6.45) is -7.19. The Balaban J connectivity index is 0.00000276. The van der Waals surface area contributed by atoms with Crippen LogP contribution in [-0.4, -0.2) is 107 Å². The molecule has 0 aromatic heterocycles. The van der Waals surface area contributed by atoms with Gasteiger partial charge in [0.25, 0.3) is 5.91 Å². The minimum Gasteiger partial charge on any atom is -0.545 e. The van der Waals surface area contributed by atoms with E-state index < -0.39 is 119 Å². The van der Waals surface area contributed by atoms with E-state index in [0.29, 0.717) is 5.56 Å². The minimum absolute atomic E-state index is 0. The molecule has 3 aromatic rings. The Labute approximate surface area is 413 Å². The predicted molar refractivity (Wildman–Crippen MR) is 232 cm³/mol. The maximum Gasteiger partial charge on any atom is 0.338 e. The molecule has 7 rings (SSSR count). The van der Waals surface area contributed by atoms with E-state index in [0.717, 1.165) is 13.8 Å². The van der Waals surface area contributed by atoms with Crippen LogP contribution in [-0.2, 0) is 85.2 Å². The number of nitrogens with one attached hydrogen (secondary N) is 1. The number of benzene rings is 3. The van der Waals surface area contributed by atoms with Crippen molar-refractivity contribution in [1.82, 2.24) is 5.32 Å². The van der Waals surface area contributed by atoms with Gasteiger partial charge in [0.15, 0.2) is 17.5 Å². The predicted octanol–water partition coefficient (Wildman–Crippen LogP) is 4.21. The van der Waals surface area contributed by atoms with Gasteiger partial charge in [0.05, 0.1) is 41.6 Å². The Morgan fingerprint density at radius 2 is 1.43 bits per heavy atom. The SMILES string of the molecule is CC(=O)O[C@H]1C(=O)[C@]2(C)[C@@H](O)CC3OC[C@@]3(OC(C)=O)[C@H]2[C@H](OC(=O)c2ccccc2)[C@]2(O)CC(OC(=O)[C@H](C[C-]=O)[C@@H](NC(=O)c3ccccc3)c3ccccc3)C(C)=C1C2(C)C.[CH-]=O.[Y]. The zero-order valence-corrected chi connectivity index (χ0v) is 40.8. The molecule has 1 saturated heterocycles. The molecule has 1 amide bonds. The van der Waals surface area contributed by atoms with Crippen molar-refractivity contribution in [1.29, 1.82) is 0 Å². The molecule has 16 nitrogen and oxygen atoms in total. The topological polar surface area (TPSA) is 235 Å². The van der Waals surface area contributed by atoms with Gasteiger partial charge >= 0.3 is 23.9 Å². The van der Waals surface area contributed by atoms with E-state index in [-0.39, 0.29) is 68.0 Å². The number of hydrogen-bond donors (Lipinski definition) is 3. The van der Waals surface area contributed by atoms with Crippen molar-refractivity contribution >= 4 is 48.6 Å². The van der Waals surface area contributed by atoms with Crippen LogP contribution < -0.4 is 5.32 Å². The molecule has 2 unspecified atom stereocenters. The molecule has 1 radical (unpaired) electrons. The van der Waals surface area contributed by atoms with Gasteiger partial charge in [0.2, 0.25) is 0 Å². The second-order valence-corrected chi connectivity index (χ2v) is 17.9. The van der Waals surface area contributed by atoms with Gasteiger partial charge in [0.1, 0.15) is 23.9 Å². The summed E-state index contributed by atoms with van der Waals surface area (Å²) in [5.74, 6) is -7.95. The quantitative estimate of drug-likeness (QED) is 0.0758. The third-order valence-corrected chi connectivity index (χ3v) is 13.9. The molecule has 17 heteroatoms. The summed E-state index contributed by atoms with van der Waals surface area (Å²) >= 11 is 0. The van der Waals surface area contributed by atoms with Crippen molar-refractivity contribution in [2.75, 3.05) is 6.61 Å². The zero-order valence-electron chi connectivity index (χ0n) is 38.0. The van der Waals surface area contributed by atoms with Gasteiger partial charge in [-0.15, -0.1) is 6.42 Å². The second-order valence-electron chi connectivity index (χ2n) is 17.9. The van der Waals surface area contributed by atoms with Gasteiger partial charge in [-0.25, -0.2) is 4.79 Å². The van der Waals surface area contributed by atoms with E-state index in [2.05, 4.69) is 12.1 Å². The standard InChI is InChI=1S/C49H52NO14.CHO.Y/c1-27-34(62-45(58)33(22-23-51)38(30-16-10-7-11-17-30)50-43(56)31-18-12-8-13-19-31)25-49(59)42(63-44(57)32-20-14-9-15-21-32)40-47(6,35(54)24-36-48(40,26-60-36)64-29(3)53)41(55)39(61-28(2)52)37(27)46(49,4)5;1-2;/h7-21,33-36,38-40,42,54,59H,22,24-26H2,1-6H3,(H,50,56);1H;/q2*-1;/t33-,34?,35+,36?,38+,39-,40+,42+,47-,48+,49-;;/m1../s1. The van der Waals surface area contributed by atoms with Gasteiger partial charge in [-0.3, -0.25) is 37.0 Å². The monoisotopic (exact) mass is 996 g/mol. The Hall–Kier alpha value is -5.26. The van der Waals surface area contributed by atoms with Crippen LogP contribution in [0.15, 0.2) is 102 Å². The molecule has 3 aliphatic carbocycles. The zero-order chi connectivity index (χ0) is 48.4. The van der Waals surface area contributed by atoms with Gasteiger partial charge in [-0.1, -0.05) is 80.6 Å². The van der Waals surface area contributed by atoms with Crippen LogP contribution in [0.2, 0.25) is 0 Å². The van der Waals surface area contributed by atoms with Gasteiger partial charge in [-0.2, -0.15) is 0 Å². The van der Waals surface area contributed by atoms with Crippen molar-refractivity contribution in [3.63, 3.8) is 0 Å². The van der Waals surface area contributed by atoms with Crippen LogP contribution >= 0.6 is 0 Å². The van der Waals surface area contributed by atoms with Crippen LogP contribution in [0.5, 0.6) is 0 Å². The number of carbonyl (C=O) groups is 6. The van der Waals surface area contributed by atoms with Gasteiger partial charge in [0, 0.05) is 70.4 Å². The Morgan fingerprint density at radius 3 is 1.96 bits per heavy atom. The summed E-state index contributed by atoms with van der Waals surface area (Å²) in [5, 5.41) is 28.8. The summed E-state index contributed by atoms with van der Waals surface area (Å²) in [7, 11) is 0. The van der Waals surface area contributed by atoms with E-state index in [9.17, 15) is 39.0 Å². The number of ether oxygens (including phenoxy) is 5. The maximum atomic E-state index is 15.6. The molecule has 0 spiro atoms. The average Bonchev–Trinajstić information content (AvgIpc) is 3.29. The van der Waals surface area contributed by atoms with E-state index >= 15 is 4.79 Å². The molecular weight excluding hydrogens is 943 g/mol. The van der Waals surface area contributed by atoms with Crippen molar-refractivity contribution in [2.24, 2.45) is 22.7 Å². The smallest absolute Gasteiger partial charge is 0.338 e. The molecule has 2 bridgehead atoms. The third-order valence-electron chi connectivity index (χ3n) is 13.9. The van der Waals surface area contributed by atoms with Crippen LogP contribution in [0.4, 0.5) is 0 Å². The number of esters is 4. The van der Waals surface area contributed by atoms with Crippen molar-refractivity contribution < 1.29 is 105 Å². The molecule has 2 saturated carbocycles. The van der Waals surface area contributed by atoms with E-state index in [1.165, 1.54) is 19.1 Å². The van der Waals surface area contributed by atoms with Crippen LogP contribution in [0, 0.1) is 22.7 Å². The average molecular weight is 997 g/mol. The molecule has 1 heterocycles. The fourth-order valence-electron chi connectivity index (χ4n) is 10.6. The first-order chi connectivity index (χ1) is 31.3. The fourth-order valence-corrected chi connectivity index (χ4v) is 10.6. The molecule has 1 aliphatic heterocycles. The van der Waals surface area contributed by atoms with E-state index in [1.807, 2.05) is 0 Å². The van der Waals surface area contributed by atoms with E-state index in [1.54, 1.807) is 106 Å². The first-order valence-electron chi connectivity index (χ1n) is 21.4. The maximum absolute atomic E-state index is 15.6. The number of aliphatic hydroxyl groups excluding tert-OH is 1. The molecule has 67 heavy (non-hydrogen) atoms. The minimum atomic E-state index is -2.39. The summed E-state index contributed by atoms with van der Waals surface area (Å²) in [6.45, 7) is 11.3.